The predicted octanol–water partition coefficient (Wildman–Crippen LogP) is 3.70. The maximum absolute atomic E-state index is 12.8. The van der Waals surface area contributed by atoms with E-state index < -0.39 is 0 Å². The monoisotopic (exact) mass is 291 g/mol. The molecule has 0 aliphatic carbocycles. The van der Waals surface area contributed by atoms with Crippen molar-refractivity contribution < 1.29 is 4.39 Å². The molecule has 0 unspecified atom stereocenters. The minimum absolute atomic E-state index is 0.228. The van der Waals surface area contributed by atoms with Gasteiger partial charge in [-0.25, -0.2) is 14.4 Å². The molecular weight excluding hydrogens is 281 g/mol. The Hall–Kier alpha value is -1.66. The number of fused-ring (bicyclic) bond motifs is 1. The molecule has 19 heavy (non-hydrogen) atoms. The summed E-state index contributed by atoms with van der Waals surface area (Å²) in [5.41, 5.74) is 6.91. The number of benzene rings is 1. The van der Waals surface area contributed by atoms with Crippen LogP contribution in [-0.2, 0) is 5.75 Å². The molecule has 1 aromatic carbocycles. The van der Waals surface area contributed by atoms with Crippen LogP contribution < -0.4 is 5.73 Å². The smallest absolute Gasteiger partial charge is 0.191 e. The van der Waals surface area contributed by atoms with Gasteiger partial charge in [0.25, 0.3) is 0 Å². The molecule has 0 aliphatic rings. The van der Waals surface area contributed by atoms with Crippen molar-refractivity contribution in [1.82, 2.24) is 9.97 Å². The summed E-state index contributed by atoms with van der Waals surface area (Å²) in [4.78, 5) is 9.61. The fraction of sp³-hybridized carbons (Fsp3) is 0.0769. The van der Waals surface area contributed by atoms with Gasteiger partial charge in [0, 0.05) is 5.75 Å². The zero-order valence-corrected chi connectivity index (χ0v) is 11.5. The molecule has 0 amide bonds. The fourth-order valence-electron chi connectivity index (χ4n) is 1.65. The number of aromatic nitrogens is 2. The topological polar surface area (TPSA) is 51.8 Å². The van der Waals surface area contributed by atoms with E-state index in [0.717, 1.165) is 15.8 Å². The molecule has 0 radical (unpaired) electrons. The molecule has 0 spiro atoms. The van der Waals surface area contributed by atoms with Crippen LogP contribution in [0.4, 0.5) is 10.2 Å². The number of hydrogen-bond donors (Lipinski definition) is 1. The van der Waals surface area contributed by atoms with Crippen molar-refractivity contribution in [3.8, 4) is 0 Å². The van der Waals surface area contributed by atoms with Crippen molar-refractivity contribution in [3.05, 3.63) is 47.1 Å². The molecule has 2 N–H and O–H groups in total. The van der Waals surface area contributed by atoms with E-state index in [-0.39, 0.29) is 5.82 Å². The number of thioether (sulfide) groups is 1. The Morgan fingerprint density at radius 2 is 1.95 bits per heavy atom. The largest absolute Gasteiger partial charge is 0.383 e. The molecule has 3 rings (SSSR count). The Morgan fingerprint density at radius 3 is 2.74 bits per heavy atom. The quantitative estimate of drug-likeness (QED) is 0.590. The molecular formula is C13H10FN3S2. The summed E-state index contributed by atoms with van der Waals surface area (Å²) < 4.78 is 12.8. The zero-order chi connectivity index (χ0) is 13.2. The van der Waals surface area contributed by atoms with E-state index in [9.17, 15) is 4.39 Å². The number of nitrogens with zero attached hydrogens (tertiary/aromatic N) is 2. The van der Waals surface area contributed by atoms with E-state index in [1.54, 1.807) is 23.5 Å². The second-order valence-corrected chi connectivity index (χ2v) is 5.78. The van der Waals surface area contributed by atoms with Crippen LogP contribution in [0.2, 0.25) is 0 Å². The highest BCUT2D eigenvalue weighted by molar-refractivity contribution is 7.98. The minimum Gasteiger partial charge on any atom is -0.383 e. The van der Waals surface area contributed by atoms with Crippen molar-refractivity contribution in [1.29, 1.82) is 0 Å². The van der Waals surface area contributed by atoms with E-state index in [4.69, 9.17) is 5.73 Å². The van der Waals surface area contributed by atoms with Crippen LogP contribution >= 0.6 is 23.1 Å². The first kappa shape index (κ1) is 12.4. The maximum Gasteiger partial charge on any atom is 0.191 e. The molecule has 96 valence electrons. The number of hydrogen-bond acceptors (Lipinski definition) is 5. The predicted molar refractivity (Wildman–Crippen MR) is 77.8 cm³/mol. The highest BCUT2D eigenvalue weighted by atomic mass is 32.2. The van der Waals surface area contributed by atoms with Crippen molar-refractivity contribution in [3.63, 3.8) is 0 Å². The Labute approximate surface area is 117 Å². The number of thiophene rings is 1. The number of halogens is 1. The van der Waals surface area contributed by atoms with E-state index in [0.29, 0.717) is 16.7 Å². The van der Waals surface area contributed by atoms with Gasteiger partial charge in [-0.1, -0.05) is 23.9 Å². The number of nitrogens with two attached hydrogens (primary N) is 1. The highest BCUT2D eigenvalue weighted by Gasteiger charge is 2.07. The van der Waals surface area contributed by atoms with Gasteiger partial charge in [0.1, 0.15) is 16.5 Å². The lowest BCUT2D eigenvalue weighted by atomic mass is 10.2. The lowest BCUT2D eigenvalue weighted by Gasteiger charge is -2.02. The van der Waals surface area contributed by atoms with Crippen molar-refractivity contribution >= 4 is 39.1 Å². The third kappa shape index (κ3) is 2.69. The first-order valence-corrected chi connectivity index (χ1v) is 7.47. The number of rotatable bonds is 3. The SMILES string of the molecule is Nc1nc(SCc2ccc(F)cc2)nc2sccc12. The Kier molecular flexibility index (Phi) is 3.35. The summed E-state index contributed by atoms with van der Waals surface area (Å²) in [7, 11) is 0. The highest BCUT2D eigenvalue weighted by Crippen LogP contribution is 2.27. The van der Waals surface area contributed by atoms with Crippen molar-refractivity contribution in [2.75, 3.05) is 5.73 Å². The van der Waals surface area contributed by atoms with Gasteiger partial charge in [-0.3, -0.25) is 0 Å². The van der Waals surface area contributed by atoms with Crippen LogP contribution in [0, 0.1) is 5.82 Å². The normalized spacial score (nSPS) is 11.0. The zero-order valence-electron chi connectivity index (χ0n) is 9.84. The van der Waals surface area contributed by atoms with Gasteiger partial charge in [0.15, 0.2) is 5.16 Å². The fourth-order valence-corrected chi connectivity index (χ4v) is 3.29. The van der Waals surface area contributed by atoms with Crippen LogP contribution in [-0.4, -0.2) is 9.97 Å². The van der Waals surface area contributed by atoms with Crippen molar-refractivity contribution in [2.24, 2.45) is 0 Å². The maximum atomic E-state index is 12.8. The molecule has 2 heterocycles. The van der Waals surface area contributed by atoms with Gasteiger partial charge in [0.2, 0.25) is 0 Å². The molecule has 3 nitrogen and oxygen atoms in total. The molecule has 0 atom stereocenters. The average Bonchev–Trinajstić information content (AvgIpc) is 2.87. The molecule has 6 heteroatoms. The van der Waals surface area contributed by atoms with E-state index >= 15 is 0 Å². The summed E-state index contributed by atoms with van der Waals surface area (Å²) in [5.74, 6) is 0.971. The summed E-state index contributed by atoms with van der Waals surface area (Å²) in [6, 6.07) is 8.34. The Morgan fingerprint density at radius 1 is 1.16 bits per heavy atom. The van der Waals surface area contributed by atoms with Gasteiger partial charge in [-0.15, -0.1) is 11.3 Å². The molecule has 0 saturated carbocycles. The Balaban J connectivity index is 1.79. The van der Waals surface area contributed by atoms with E-state index in [2.05, 4.69) is 9.97 Å². The van der Waals surface area contributed by atoms with Gasteiger partial charge in [-0.05, 0) is 29.1 Å². The summed E-state index contributed by atoms with van der Waals surface area (Å²) in [5, 5.41) is 3.50. The third-order valence-corrected chi connectivity index (χ3v) is 4.34. The van der Waals surface area contributed by atoms with Gasteiger partial charge in [-0.2, -0.15) is 0 Å². The van der Waals surface area contributed by atoms with Crippen LogP contribution in [0.25, 0.3) is 10.2 Å². The molecule has 0 fully saturated rings. The van der Waals surface area contributed by atoms with E-state index in [1.807, 2.05) is 11.4 Å². The lowest BCUT2D eigenvalue weighted by molar-refractivity contribution is 0.627. The first-order valence-electron chi connectivity index (χ1n) is 5.60. The first-order chi connectivity index (χ1) is 9.22. The van der Waals surface area contributed by atoms with Crippen LogP contribution in [0.15, 0.2) is 40.9 Å². The molecule has 0 aliphatic heterocycles. The second-order valence-electron chi connectivity index (χ2n) is 3.95. The van der Waals surface area contributed by atoms with Gasteiger partial charge >= 0.3 is 0 Å². The summed E-state index contributed by atoms with van der Waals surface area (Å²) >= 11 is 3.04. The molecule has 0 saturated heterocycles. The van der Waals surface area contributed by atoms with Crippen molar-refractivity contribution in [2.45, 2.75) is 10.9 Å². The van der Waals surface area contributed by atoms with Crippen LogP contribution in [0.5, 0.6) is 0 Å². The van der Waals surface area contributed by atoms with Gasteiger partial charge < -0.3 is 5.73 Å². The molecule has 2 aromatic heterocycles. The summed E-state index contributed by atoms with van der Waals surface area (Å²) in [6.45, 7) is 0. The summed E-state index contributed by atoms with van der Waals surface area (Å²) in [6.07, 6.45) is 0. The average molecular weight is 291 g/mol. The minimum atomic E-state index is -0.228. The molecule has 3 aromatic rings. The van der Waals surface area contributed by atoms with Crippen LogP contribution in [0.3, 0.4) is 0 Å². The number of nitrogen functional groups attached to an aromatic ring is 1. The second kappa shape index (κ2) is 5.14. The Bertz CT molecular complexity index is 709. The molecule has 0 bridgehead atoms. The number of anilines is 1. The standard InChI is InChI=1S/C13H10FN3S2/c14-9-3-1-8(2-4-9)7-19-13-16-11(15)10-5-6-18-12(10)17-13/h1-6H,7H2,(H2,15,16,17). The van der Waals surface area contributed by atoms with Crippen LogP contribution in [0.1, 0.15) is 5.56 Å². The van der Waals surface area contributed by atoms with E-state index in [1.165, 1.54) is 23.9 Å². The third-order valence-electron chi connectivity index (χ3n) is 2.62. The lowest BCUT2D eigenvalue weighted by Crippen LogP contribution is -1.95. The van der Waals surface area contributed by atoms with Gasteiger partial charge in [0.05, 0.1) is 5.39 Å².